The molecule has 2 N–H and O–H groups in total. The third-order valence-electron chi connectivity index (χ3n) is 6.08. The number of thioether (sulfide) groups is 1. The number of aliphatic imine (C=N–C) groups is 1. The summed E-state index contributed by atoms with van der Waals surface area (Å²) in [6.07, 6.45) is 2.60. The molecule has 0 aliphatic carbocycles. The van der Waals surface area contributed by atoms with Crippen LogP contribution >= 0.6 is 23.1 Å². The fourth-order valence-electron chi connectivity index (χ4n) is 4.28. The molecule has 1 aromatic rings. The molecule has 12 heteroatoms. The average molecular weight is 523 g/mol. The van der Waals surface area contributed by atoms with Gasteiger partial charge in [-0.3, -0.25) is 24.3 Å². The Morgan fingerprint density at radius 3 is 2.80 bits per heavy atom. The van der Waals surface area contributed by atoms with Crippen molar-refractivity contribution in [1.29, 1.82) is 0 Å². The summed E-state index contributed by atoms with van der Waals surface area (Å²) in [5, 5.41) is 15.5. The molecule has 10 nitrogen and oxygen atoms in total. The highest BCUT2D eigenvalue weighted by Crippen LogP contribution is 2.22. The quantitative estimate of drug-likeness (QED) is 0.414. The molecule has 35 heavy (non-hydrogen) atoms. The van der Waals surface area contributed by atoms with Gasteiger partial charge in [-0.05, 0) is 26.6 Å². The van der Waals surface area contributed by atoms with E-state index in [0.29, 0.717) is 63.0 Å². The van der Waals surface area contributed by atoms with Gasteiger partial charge in [0.1, 0.15) is 0 Å². The van der Waals surface area contributed by atoms with Crippen molar-refractivity contribution >= 4 is 46.4 Å². The predicted molar refractivity (Wildman–Crippen MR) is 139 cm³/mol. The number of carbonyl (C=O) groups is 3. The van der Waals surface area contributed by atoms with Gasteiger partial charge in [-0.15, -0.1) is 11.3 Å². The Morgan fingerprint density at radius 2 is 2.17 bits per heavy atom. The molecular weight excluding hydrogens is 488 g/mol. The Balaban J connectivity index is 1.73. The van der Waals surface area contributed by atoms with Crippen LogP contribution in [-0.4, -0.2) is 113 Å². The molecule has 0 radical (unpaired) electrons. The number of amidine groups is 1. The van der Waals surface area contributed by atoms with Gasteiger partial charge in [0.05, 0.1) is 18.0 Å². The fraction of sp³-hybridized carbons (Fsp3) is 0.609. The number of thiazole rings is 1. The highest BCUT2D eigenvalue weighted by Gasteiger charge is 2.33. The molecule has 1 amide bonds. The van der Waals surface area contributed by atoms with Crippen molar-refractivity contribution < 1.29 is 19.5 Å². The third kappa shape index (κ3) is 7.12. The maximum absolute atomic E-state index is 12.8. The van der Waals surface area contributed by atoms with Crippen molar-refractivity contribution in [2.24, 2.45) is 10.4 Å². The van der Waals surface area contributed by atoms with Gasteiger partial charge in [0.15, 0.2) is 10.8 Å². The molecule has 3 rings (SSSR count). The molecule has 0 bridgehead atoms. The number of carboxylic acid groups (broad SMARTS) is 1. The van der Waals surface area contributed by atoms with E-state index in [4.69, 9.17) is 0 Å². The molecule has 3 heterocycles. The number of hydrogen-bond acceptors (Lipinski definition) is 10. The van der Waals surface area contributed by atoms with Crippen molar-refractivity contribution in [2.45, 2.75) is 26.8 Å². The molecule has 0 unspecified atom stereocenters. The average Bonchev–Trinajstić information content (AvgIpc) is 3.34. The highest BCUT2D eigenvalue weighted by molar-refractivity contribution is 8.14. The van der Waals surface area contributed by atoms with Crippen LogP contribution in [0.4, 0.5) is 0 Å². The molecular formula is C23H34N6O4S2. The molecule has 0 aromatic carbocycles. The monoisotopic (exact) mass is 522 g/mol. The number of hydrogen-bond donors (Lipinski definition) is 2. The number of aromatic nitrogens is 1. The van der Waals surface area contributed by atoms with Crippen molar-refractivity contribution in [1.82, 2.24) is 25.0 Å². The van der Waals surface area contributed by atoms with Crippen molar-refractivity contribution in [3.63, 3.8) is 0 Å². The lowest BCUT2D eigenvalue weighted by molar-refractivity contribution is -0.148. The van der Waals surface area contributed by atoms with E-state index in [1.54, 1.807) is 24.9 Å². The lowest BCUT2D eigenvalue weighted by Gasteiger charge is -2.42. The van der Waals surface area contributed by atoms with Crippen LogP contribution in [0.2, 0.25) is 0 Å². The minimum Gasteiger partial charge on any atom is -0.481 e. The number of aliphatic carboxylic acids is 1. The van der Waals surface area contributed by atoms with Crippen LogP contribution < -0.4 is 5.32 Å². The van der Waals surface area contributed by atoms with Crippen LogP contribution in [0.1, 0.15) is 25.8 Å². The standard InChI is InChI=1S/C23H34N6O4S2/c1-5-34-21(31)17-10-25-19(20-24-6-9-35-20)26-18(17)13-28-7-8-29(15-30)16(12-28)11-27(4)14-23(2,3)22(32)33/h6,9,15-16H,5,7-8,10-14H2,1-4H3,(H,25,26)(H,32,33)/t16-/m1/s1. The summed E-state index contributed by atoms with van der Waals surface area (Å²) in [7, 11) is 1.88. The number of rotatable bonds is 11. The summed E-state index contributed by atoms with van der Waals surface area (Å²) in [5.74, 6) is 0.515. The largest absolute Gasteiger partial charge is 0.481 e. The maximum Gasteiger partial charge on any atom is 0.310 e. The number of likely N-dealkylation sites (N-methyl/N-ethyl adjacent to an activating group) is 1. The zero-order valence-electron chi connectivity index (χ0n) is 20.7. The topological polar surface area (TPSA) is 118 Å². The second-order valence-electron chi connectivity index (χ2n) is 9.42. The number of nitrogens with one attached hydrogen (secondary N) is 1. The van der Waals surface area contributed by atoms with Gasteiger partial charge in [-0.25, -0.2) is 4.98 Å². The van der Waals surface area contributed by atoms with E-state index in [0.717, 1.165) is 17.1 Å². The minimum absolute atomic E-state index is 0.0238. The van der Waals surface area contributed by atoms with Crippen LogP contribution in [0, 0.1) is 5.41 Å². The van der Waals surface area contributed by atoms with E-state index in [-0.39, 0.29) is 11.2 Å². The van der Waals surface area contributed by atoms with Gasteiger partial charge in [0, 0.05) is 62.1 Å². The number of piperazine rings is 1. The second kappa shape index (κ2) is 12.1. The smallest absolute Gasteiger partial charge is 0.310 e. The van der Waals surface area contributed by atoms with E-state index in [1.807, 2.05) is 24.3 Å². The summed E-state index contributed by atoms with van der Waals surface area (Å²) in [6.45, 7) is 8.99. The van der Waals surface area contributed by atoms with E-state index in [9.17, 15) is 19.5 Å². The van der Waals surface area contributed by atoms with Crippen molar-refractivity contribution in [3.05, 3.63) is 27.9 Å². The van der Waals surface area contributed by atoms with E-state index in [1.165, 1.54) is 23.1 Å². The Kier molecular flexibility index (Phi) is 9.45. The van der Waals surface area contributed by atoms with Gasteiger partial charge in [0.2, 0.25) is 11.5 Å². The lowest BCUT2D eigenvalue weighted by Crippen LogP contribution is -2.57. The second-order valence-corrected chi connectivity index (χ2v) is 11.6. The zero-order valence-corrected chi connectivity index (χ0v) is 22.3. The van der Waals surface area contributed by atoms with E-state index in [2.05, 4.69) is 20.2 Å². The Labute approximate surface area is 214 Å². The number of amides is 1. The van der Waals surface area contributed by atoms with Crippen molar-refractivity contribution in [3.8, 4) is 0 Å². The van der Waals surface area contributed by atoms with Crippen LogP contribution in [0.25, 0.3) is 0 Å². The first-order chi connectivity index (χ1) is 16.6. The molecule has 1 saturated heterocycles. The SMILES string of the molecule is CCSC(=O)C1=C(CN2CCN(C=O)[C@H](CN(C)CC(C)(C)C(=O)O)C2)NC(c2nccs2)=NC1. The van der Waals surface area contributed by atoms with Gasteiger partial charge in [-0.1, -0.05) is 18.7 Å². The molecule has 2 aliphatic heterocycles. The molecule has 192 valence electrons. The number of carboxylic acids is 1. The lowest BCUT2D eigenvalue weighted by atomic mass is 9.93. The van der Waals surface area contributed by atoms with Crippen LogP contribution in [0.3, 0.4) is 0 Å². The van der Waals surface area contributed by atoms with Gasteiger partial charge in [-0.2, -0.15) is 0 Å². The summed E-state index contributed by atoms with van der Waals surface area (Å²) in [5.41, 5.74) is 0.616. The third-order valence-corrected chi connectivity index (χ3v) is 7.66. The van der Waals surface area contributed by atoms with Crippen LogP contribution in [0.5, 0.6) is 0 Å². The van der Waals surface area contributed by atoms with Crippen LogP contribution in [-0.2, 0) is 14.4 Å². The first kappa shape index (κ1) is 27.3. The Hall–Kier alpha value is -2.28. The first-order valence-electron chi connectivity index (χ1n) is 11.6. The molecule has 0 spiro atoms. The van der Waals surface area contributed by atoms with E-state index >= 15 is 0 Å². The van der Waals surface area contributed by atoms with Gasteiger partial charge in [0.25, 0.3) is 0 Å². The summed E-state index contributed by atoms with van der Waals surface area (Å²) in [4.78, 5) is 50.9. The summed E-state index contributed by atoms with van der Waals surface area (Å²) < 4.78 is 0. The van der Waals surface area contributed by atoms with Gasteiger partial charge >= 0.3 is 5.97 Å². The molecule has 1 fully saturated rings. The predicted octanol–water partition coefficient (Wildman–Crippen LogP) is 1.21. The normalized spacial score (nSPS) is 19.5. The minimum atomic E-state index is -0.885. The summed E-state index contributed by atoms with van der Waals surface area (Å²) >= 11 is 2.77. The number of carbonyl (C=O) groups excluding carboxylic acids is 2. The fourth-order valence-corrected chi connectivity index (χ4v) is 5.51. The number of nitrogens with zero attached hydrogens (tertiary/aromatic N) is 5. The summed E-state index contributed by atoms with van der Waals surface area (Å²) in [6, 6.07) is -0.0868. The Morgan fingerprint density at radius 1 is 1.40 bits per heavy atom. The maximum atomic E-state index is 12.8. The first-order valence-corrected chi connectivity index (χ1v) is 13.5. The van der Waals surface area contributed by atoms with Crippen molar-refractivity contribution in [2.75, 3.05) is 58.6 Å². The van der Waals surface area contributed by atoms with E-state index < -0.39 is 11.4 Å². The highest BCUT2D eigenvalue weighted by atomic mass is 32.2. The molecule has 2 aliphatic rings. The molecule has 1 aromatic heterocycles. The van der Waals surface area contributed by atoms with Crippen LogP contribution in [0.15, 0.2) is 27.8 Å². The van der Waals surface area contributed by atoms with Gasteiger partial charge < -0.3 is 20.2 Å². The molecule has 0 saturated carbocycles. The Bertz CT molecular complexity index is 979. The molecule has 1 atom stereocenters. The zero-order chi connectivity index (χ0) is 25.6.